The van der Waals surface area contributed by atoms with E-state index in [9.17, 15) is 0 Å². The highest BCUT2D eigenvalue weighted by atomic mass is 16.5. The van der Waals surface area contributed by atoms with Gasteiger partial charge in [-0.2, -0.15) is 0 Å². The minimum Gasteiger partial charge on any atom is -0.496 e. The normalized spacial score (nSPS) is 11.2. The first-order valence-electron chi connectivity index (χ1n) is 42.6. The van der Waals surface area contributed by atoms with Crippen LogP contribution in [0.4, 0.5) is 0 Å². The zero-order chi connectivity index (χ0) is 84.8. The third-order valence-corrected chi connectivity index (χ3v) is 24.3. The molecule has 0 radical (unpaired) electrons. The first-order valence-corrected chi connectivity index (χ1v) is 42.6. The molecule has 0 aliphatic carbocycles. The summed E-state index contributed by atoms with van der Waals surface area (Å²) in [6.45, 7) is 0. The third-order valence-electron chi connectivity index (χ3n) is 24.3. The Morgan fingerprint density at radius 1 is 0.127 bits per heavy atom. The summed E-state index contributed by atoms with van der Waals surface area (Å²) in [5, 5.41) is 9.17. The highest BCUT2D eigenvalue weighted by molar-refractivity contribution is 6.04. The van der Waals surface area contributed by atoms with Gasteiger partial charge in [-0.3, -0.25) is 0 Å². The number of hydrogen-bond acceptors (Lipinski definition) is 6. The summed E-state index contributed by atoms with van der Waals surface area (Å²) in [6, 6.07) is 160. The molecule has 21 rings (SSSR count). The Labute approximate surface area is 734 Å². The molecule has 0 aliphatic rings. The van der Waals surface area contributed by atoms with E-state index in [-0.39, 0.29) is 0 Å². The van der Waals surface area contributed by atoms with Crippen molar-refractivity contribution in [1.29, 1.82) is 0 Å². The molecule has 2 aromatic heterocycles. The van der Waals surface area contributed by atoms with Crippen LogP contribution < -0.4 is 18.9 Å². The zero-order valence-corrected chi connectivity index (χ0v) is 70.3. The molecule has 0 spiro atoms. The molecule has 6 nitrogen and oxygen atoms in total. The first-order chi connectivity index (χ1) is 62.2. The molecule has 126 heavy (non-hydrogen) atoms. The van der Waals surface area contributed by atoms with Gasteiger partial charge in [-0.15, -0.1) is 0 Å². The fourth-order valence-electron chi connectivity index (χ4n) is 17.6. The van der Waals surface area contributed by atoms with Crippen molar-refractivity contribution in [3.63, 3.8) is 0 Å². The third kappa shape index (κ3) is 15.9. The highest BCUT2D eigenvalue weighted by Gasteiger charge is 2.19. The van der Waals surface area contributed by atoms with Crippen molar-refractivity contribution in [2.75, 3.05) is 28.4 Å². The van der Waals surface area contributed by atoms with Crippen molar-refractivity contribution in [3.8, 4) is 190 Å². The van der Waals surface area contributed by atoms with Gasteiger partial charge in [0.25, 0.3) is 0 Å². The second kappa shape index (κ2) is 35.0. The smallest absolute Gasteiger partial charge is 0.126 e. The molecular weight excluding hydrogens is 1530 g/mol. The molecule has 0 saturated carbocycles. The minimum absolute atomic E-state index is 0.884. The molecule has 0 bridgehead atoms. The van der Waals surface area contributed by atoms with Crippen molar-refractivity contribution in [2.24, 2.45) is 0 Å². The van der Waals surface area contributed by atoms with Gasteiger partial charge in [0, 0.05) is 43.8 Å². The molecule has 0 N–H and O–H groups in total. The van der Waals surface area contributed by atoms with Gasteiger partial charge in [-0.25, -0.2) is 9.97 Å². The van der Waals surface area contributed by atoms with E-state index in [0.29, 0.717) is 0 Å². The highest BCUT2D eigenvalue weighted by Crippen LogP contribution is 2.44. The van der Waals surface area contributed by atoms with Crippen molar-refractivity contribution in [3.05, 3.63) is 449 Å². The van der Waals surface area contributed by atoms with E-state index < -0.39 is 0 Å². The number of aromatic nitrogens is 2. The molecule has 2 heterocycles. The van der Waals surface area contributed by atoms with Crippen LogP contribution >= 0.6 is 0 Å². The Bertz CT molecular complexity index is 7120. The fourth-order valence-corrected chi connectivity index (χ4v) is 17.6. The lowest BCUT2D eigenvalue weighted by atomic mass is 9.94. The number of fused-ring (bicyclic) bond motifs is 4. The van der Waals surface area contributed by atoms with Crippen LogP contribution in [0.2, 0.25) is 0 Å². The van der Waals surface area contributed by atoms with Crippen molar-refractivity contribution in [1.82, 2.24) is 9.97 Å². The van der Waals surface area contributed by atoms with Crippen LogP contribution in [0, 0.1) is 0 Å². The van der Waals surface area contributed by atoms with Gasteiger partial charge in [0.1, 0.15) is 23.0 Å². The van der Waals surface area contributed by atoms with Gasteiger partial charge >= 0.3 is 0 Å². The predicted octanol–water partition coefficient (Wildman–Crippen LogP) is 31.8. The van der Waals surface area contributed by atoms with Crippen molar-refractivity contribution >= 4 is 43.1 Å². The lowest BCUT2D eigenvalue weighted by Gasteiger charge is -2.13. The van der Waals surface area contributed by atoms with Gasteiger partial charge in [0.15, 0.2) is 0 Å². The van der Waals surface area contributed by atoms with E-state index in [4.69, 9.17) is 28.9 Å². The van der Waals surface area contributed by atoms with E-state index >= 15 is 0 Å². The SMILES string of the molecule is COc1ccc(-c2ccc(-c3ccc(-c4cc(-c5ccc(-c6ccccc6)cc5)cc(-c5ccc(-c6ccc(-c7ccc(OC)c8ccccc78)cc6)cc5)n4)cc3)cc2)c2ccccc12.COc1ccc(-c2ccc(-c3ccc(-c4cc(-c5ccccc5)cc(-c5ccc(-c6ccc(-c7ccc(OC)c8ccccc78)cc6)cc5)n4)cc3)cc2)c2ccccc12. The van der Waals surface area contributed by atoms with Crippen molar-refractivity contribution < 1.29 is 18.9 Å². The zero-order valence-electron chi connectivity index (χ0n) is 70.3. The fraction of sp³-hybridized carbons (Fsp3) is 0.0333. The number of ether oxygens (including phenoxy) is 4. The topological polar surface area (TPSA) is 62.7 Å². The lowest BCUT2D eigenvalue weighted by molar-refractivity contribution is 0.420. The average Bonchev–Trinajstić information content (AvgIpc) is 0.806. The molecule has 600 valence electrons. The van der Waals surface area contributed by atoms with E-state index in [1.54, 1.807) is 28.4 Å². The number of pyridine rings is 2. The van der Waals surface area contributed by atoms with Crippen LogP contribution in [0.3, 0.4) is 0 Å². The standard InChI is InChI=1S/C63H45NO2.C57H41NO2/c1-65-62-38-36-54(56-12-6-8-14-58(56)62)49-28-20-44(21-29-49)46-24-32-51(33-25-46)60-40-53(48-18-16-43(17-19-48)42-10-4-3-5-11-42)41-61(64-60)52-34-26-47(27-35-52)45-22-30-50(31-23-45)55-37-39-63(66-2)59-15-9-7-13-57(55)59;1-59-56-34-32-48(50-12-6-8-14-52(50)56)43-24-16-39(17-25-43)41-20-28-45(29-21-41)54-36-47(38-10-4-3-5-11-38)37-55(58-54)46-30-22-42(23-31-46)40-18-26-44(27-19-40)49-33-35-57(60-2)53-15-9-7-13-51(49)53/h3-41H,1-2H3;3-37H,1-2H3. The van der Waals surface area contributed by atoms with Crippen LogP contribution in [-0.4, -0.2) is 38.4 Å². The molecule has 0 fully saturated rings. The summed E-state index contributed by atoms with van der Waals surface area (Å²) in [5.74, 6) is 3.54. The molecular formula is C120H86N2O4. The molecule has 0 amide bonds. The number of rotatable bonds is 19. The van der Waals surface area contributed by atoms with E-state index in [1.807, 2.05) is 0 Å². The first kappa shape index (κ1) is 78.3. The summed E-state index contributed by atoms with van der Waals surface area (Å²) in [5.41, 5.74) is 33.6. The van der Waals surface area contributed by atoms with Crippen LogP contribution in [0.5, 0.6) is 23.0 Å². The molecule has 6 heteroatoms. The Hall–Kier alpha value is -16.3. The maximum absolute atomic E-state index is 5.65. The number of nitrogens with zero attached hydrogens (tertiary/aromatic N) is 2. The van der Waals surface area contributed by atoms with Crippen LogP contribution in [0.1, 0.15) is 0 Å². The van der Waals surface area contributed by atoms with Gasteiger partial charge in [-0.05, 0) is 192 Å². The molecule has 0 saturated heterocycles. The van der Waals surface area contributed by atoms with Gasteiger partial charge < -0.3 is 18.9 Å². The van der Waals surface area contributed by atoms with E-state index in [2.05, 4.69) is 449 Å². The predicted molar refractivity (Wildman–Crippen MR) is 526 cm³/mol. The monoisotopic (exact) mass is 1620 g/mol. The summed E-state index contributed by atoms with van der Waals surface area (Å²) in [4.78, 5) is 10.6. The molecule has 0 atom stereocenters. The summed E-state index contributed by atoms with van der Waals surface area (Å²) in [6.07, 6.45) is 0. The maximum Gasteiger partial charge on any atom is 0.126 e. The maximum atomic E-state index is 5.65. The average molecular weight is 1620 g/mol. The lowest BCUT2D eigenvalue weighted by Crippen LogP contribution is -1.92. The van der Waals surface area contributed by atoms with Crippen LogP contribution in [-0.2, 0) is 0 Å². The molecule has 0 unspecified atom stereocenters. The quantitative estimate of drug-likeness (QED) is 0.0804. The second-order valence-electron chi connectivity index (χ2n) is 31.6. The van der Waals surface area contributed by atoms with Crippen LogP contribution in [0.25, 0.3) is 211 Å². The Kier molecular flexibility index (Phi) is 21.8. The molecule has 19 aromatic carbocycles. The summed E-state index contributed by atoms with van der Waals surface area (Å²) >= 11 is 0. The Morgan fingerprint density at radius 2 is 0.278 bits per heavy atom. The van der Waals surface area contributed by atoms with Gasteiger partial charge in [0.05, 0.1) is 51.2 Å². The van der Waals surface area contributed by atoms with Crippen LogP contribution in [0.15, 0.2) is 449 Å². The number of methoxy groups -OCH3 is 4. The minimum atomic E-state index is 0.884. The Morgan fingerprint density at radius 3 is 0.476 bits per heavy atom. The van der Waals surface area contributed by atoms with E-state index in [0.717, 1.165) is 145 Å². The summed E-state index contributed by atoms with van der Waals surface area (Å²) in [7, 11) is 6.90. The Balaban J connectivity index is 0.000000160. The van der Waals surface area contributed by atoms with E-state index in [1.165, 1.54) is 88.3 Å². The molecule has 0 aliphatic heterocycles. The second-order valence-corrected chi connectivity index (χ2v) is 31.6. The number of benzene rings is 19. The van der Waals surface area contributed by atoms with Crippen molar-refractivity contribution in [2.45, 2.75) is 0 Å². The van der Waals surface area contributed by atoms with Gasteiger partial charge in [-0.1, -0.05) is 400 Å². The number of hydrogen-bond donors (Lipinski definition) is 0. The molecule has 21 aromatic rings. The summed E-state index contributed by atoms with van der Waals surface area (Å²) < 4.78 is 22.6. The van der Waals surface area contributed by atoms with Gasteiger partial charge in [0.2, 0.25) is 0 Å². The largest absolute Gasteiger partial charge is 0.496 e.